The molecule has 0 spiro atoms. The number of rotatable bonds is 3. The molecule has 6 heteroatoms. The fraction of sp³-hybridized carbons (Fsp3) is 0.176. The second kappa shape index (κ2) is 5.70. The average Bonchev–Trinajstić information content (AvgIpc) is 3.07. The van der Waals surface area contributed by atoms with Crippen LogP contribution in [0.2, 0.25) is 0 Å². The Hall–Kier alpha value is -1.76. The van der Waals surface area contributed by atoms with Crippen LogP contribution in [0.15, 0.2) is 34.8 Å². The molecule has 0 bridgehead atoms. The van der Waals surface area contributed by atoms with Crippen LogP contribution in [0.5, 0.6) is 0 Å². The molecular formula is C17H14BrN3OS. The van der Waals surface area contributed by atoms with Crippen molar-refractivity contribution in [1.29, 1.82) is 0 Å². The number of thiophene rings is 1. The normalized spacial score (nSPS) is 11.6. The largest absolute Gasteiger partial charge is 0.380 e. The zero-order valence-electron chi connectivity index (χ0n) is 12.7. The predicted octanol–water partition coefficient (Wildman–Crippen LogP) is 5.06. The number of aromatic amines is 1. The lowest BCUT2D eigenvalue weighted by molar-refractivity contribution is 0.186. The Bertz CT molecular complexity index is 1000. The van der Waals surface area contributed by atoms with E-state index in [0.717, 1.165) is 47.4 Å². The van der Waals surface area contributed by atoms with E-state index in [-0.39, 0.29) is 0 Å². The van der Waals surface area contributed by atoms with Crippen LogP contribution in [0.1, 0.15) is 11.3 Å². The predicted molar refractivity (Wildman–Crippen MR) is 97.9 cm³/mol. The fourth-order valence-electron chi connectivity index (χ4n) is 2.82. The Balaban J connectivity index is 1.99. The highest BCUT2D eigenvalue weighted by Crippen LogP contribution is 2.39. The number of pyridine rings is 1. The van der Waals surface area contributed by atoms with E-state index < -0.39 is 0 Å². The summed E-state index contributed by atoms with van der Waals surface area (Å²) in [6, 6.07) is 10.3. The summed E-state index contributed by atoms with van der Waals surface area (Å²) < 4.78 is 7.55. The minimum absolute atomic E-state index is 0.568. The maximum Gasteiger partial charge on any atom is 0.126 e. The monoisotopic (exact) mass is 387 g/mol. The highest BCUT2D eigenvalue weighted by atomic mass is 79.9. The SMILES string of the molecule is COCc1cc(C)nc2sc3c(-c4ccc(Br)cc4)n[nH]c3c12. The molecule has 0 radical (unpaired) electrons. The van der Waals surface area contributed by atoms with Crippen molar-refractivity contribution in [2.45, 2.75) is 13.5 Å². The van der Waals surface area contributed by atoms with Crippen LogP contribution in [-0.2, 0) is 11.3 Å². The van der Waals surface area contributed by atoms with Crippen molar-refractivity contribution in [3.05, 3.63) is 46.1 Å². The Kier molecular flexibility index (Phi) is 3.67. The van der Waals surface area contributed by atoms with Crippen molar-refractivity contribution in [2.75, 3.05) is 7.11 Å². The molecule has 4 rings (SSSR count). The highest BCUT2D eigenvalue weighted by molar-refractivity contribution is 9.10. The zero-order chi connectivity index (χ0) is 16.0. The molecule has 0 unspecified atom stereocenters. The van der Waals surface area contributed by atoms with Crippen molar-refractivity contribution >= 4 is 47.7 Å². The third-order valence-corrected chi connectivity index (χ3v) is 5.40. The third-order valence-electron chi connectivity index (χ3n) is 3.78. The van der Waals surface area contributed by atoms with Gasteiger partial charge in [-0.2, -0.15) is 5.10 Å². The number of ether oxygens (including phenoxy) is 1. The van der Waals surface area contributed by atoms with Crippen molar-refractivity contribution < 1.29 is 4.74 Å². The minimum Gasteiger partial charge on any atom is -0.380 e. The number of halogens is 1. The van der Waals surface area contributed by atoms with Gasteiger partial charge in [-0.15, -0.1) is 11.3 Å². The Labute approximate surface area is 145 Å². The van der Waals surface area contributed by atoms with Gasteiger partial charge in [0.15, 0.2) is 0 Å². The smallest absolute Gasteiger partial charge is 0.126 e. The first-order valence-corrected chi connectivity index (χ1v) is 8.80. The van der Waals surface area contributed by atoms with Gasteiger partial charge in [0.2, 0.25) is 0 Å². The maximum absolute atomic E-state index is 5.35. The molecule has 4 nitrogen and oxygen atoms in total. The van der Waals surface area contributed by atoms with Gasteiger partial charge in [-0.05, 0) is 30.7 Å². The van der Waals surface area contributed by atoms with E-state index in [1.807, 2.05) is 19.1 Å². The Morgan fingerprint density at radius 1 is 1.26 bits per heavy atom. The van der Waals surface area contributed by atoms with E-state index in [0.29, 0.717) is 6.61 Å². The second-order valence-electron chi connectivity index (χ2n) is 5.42. The molecule has 0 aliphatic carbocycles. The van der Waals surface area contributed by atoms with Gasteiger partial charge in [0.1, 0.15) is 10.5 Å². The molecule has 3 heterocycles. The number of methoxy groups -OCH3 is 1. The first-order valence-electron chi connectivity index (χ1n) is 7.19. The number of aromatic nitrogens is 3. The summed E-state index contributed by atoms with van der Waals surface area (Å²) in [5.41, 5.74) is 5.26. The van der Waals surface area contributed by atoms with E-state index in [1.165, 1.54) is 0 Å². The molecule has 3 aromatic heterocycles. The standard InChI is InChI=1S/C17H14BrN3OS/c1-9-7-11(8-22-2)13-15-16(23-17(13)19-9)14(20-21-15)10-3-5-12(18)6-4-10/h3-7H,8H2,1-2H3,(H,20,21). The first kappa shape index (κ1) is 14.8. The van der Waals surface area contributed by atoms with E-state index in [1.54, 1.807) is 18.4 Å². The van der Waals surface area contributed by atoms with Crippen molar-refractivity contribution in [1.82, 2.24) is 15.2 Å². The maximum atomic E-state index is 5.35. The van der Waals surface area contributed by atoms with Crippen LogP contribution in [0.25, 0.3) is 31.7 Å². The number of aryl methyl sites for hydroxylation is 1. The van der Waals surface area contributed by atoms with Crippen LogP contribution >= 0.6 is 27.3 Å². The molecule has 0 aliphatic heterocycles. The van der Waals surface area contributed by atoms with Crippen LogP contribution in [0, 0.1) is 6.92 Å². The summed E-state index contributed by atoms with van der Waals surface area (Å²) in [5, 5.41) is 8.85. The van der Waals surface area contributed by atoms with Gasteiger partial charge in [-0.3, -0.25) is 5.10 Å². The number of nitrogens with zero attached hydrogens (tertiary/aromatic N) is 2. The van der Waals surface area contributed by atoms with E-state index in [2.05, 4.69) is 49.3 Å². The molecule has 0 aliphatic rings. The van der Waals surface area contributed by atoms with E-state index in [9.17, 15) is 0 Å². The summed E-state index contributed by atoms with van der Waals surface area (Å²) in [6.07, 6.45) is 0. The van der Waals surface area contributed by atoms with Gasteiger partial charge in [-0.1, -0.05) is 28.1 Å². The molecule has 0 saturated carbocycles. The molecular weight excluding hydrogens is 374 g/mol. The molecule has 1 aromatic carbocycles. The molecule has 116 valence electrons. The lowest BCUT2D eigenvalue weighted by Crippen LogP contribution is -1.92. The molecule has 23 heavy (non-hydrogen) atoms. The lowest BCUT2D eigenvalue weighted by atomic mass is 10.1. The first-order chi connectivity index (χ1) is 11.2. The Morgan fingerprint density at radius 2 is 2.04 bits per heavy atom. The second-order valence-corrected chi connectivity index (χ2v) is 7.34. The van der Waals surface area contributed by atoms with Gasteiger partial charge in [-0.25, -0.2) is 4.98 Å². The van der Waals surface area contributed by atoms with E-state index in [4.69, 9.17) is 4.74 Å². The van der Waals surface area contributed by atoms with Gasteiger partial charge >= 0.3 is 0 Å². The van der Waals surface area contributed by atoms with Crippen LogP contribution in [0.3, 0.4) is 0 Å². The summed E-state index contributed by atoms with van der Waals surface area (Å²) in [7, 11) is 1.71. The van der Waals surface area contributed by atoms with Gasteiger partial charge in [0.25, 0.3) is 0 Å². The number of hydrogen-bond acceptors (Lipinski definition) is 4. The molecule has 0 fully saturated rings. The van der Waals surface area contributed by atoms with Crippen LogP contribution < -0.4 is 0 Å². The van der Waals surface area contributed by atoms with E-state index >= 15 is 0 Å². The minimum atomic E-state index is 0.568. The third kappa shape index (κ3) is 2.47. The molecule has 1 N–H and O–H groups in total. The molecule has 0 saturated heterocycles. The van der Waals surface area contributed by atoms with Gasteiger partial charge in [0, 0.05) is 28.2 Å². The summed E-state index contributed by atoms with van der Waals surface area (Å²) in [6.45, 7) is 2.58. The number of hydrogen-bond donors (Lipinski definition) is 1. The van der Waals surface area contributed by atoms with Crippen molar-refractivity contribution in [2.24, 2.45) is 0 Å². The summed E-state index contributed by atoms with van der Waals surface area (Å²) >= 11 is 5.15. The van der Waals surface area contributed by atoms with Crippen LogP contribution in [0.4, 0.5) is 0 Å². The molecule has 0 amide bonds. The summed E-state index contributed by atoms with van der Waals surface area (Å²) in [5.74, 6) is 0. The van der Waals surface area contributed by atoms with Gasteiger partial charge in [0.05, 0.1) is 16.8 Å². The summed E-state index contributed by atoms with van der Waals surface area (Å²) in [4.78, 5) is 5.71. The van der Waals surface area contributed by atoms with Crippen LogP contribution in [-0.4, -0.2) is 22.3 Å². The average molecular weight is 388 g/mol. The topological polar surface area (TPSA) is 50.8 Å². The lowest BCUT2D eigenvalue weighted by Gasteiger charge is -2.03. The van der Waals surface area contributed by atoms with Crippen molar-refractivity contribution in [3.8, 4) is 11.3 Å². The Morgan fingerprint density at radius 3 is 2.78 bits per heavy atom. The zero-order valence-corrected chi connectivity index (χ0v) is 15.1. The van der Waals surface area contributed by atoms with Crippen molar-refractivity contribution in [3.63, 3.8) is 0 Å². The van der Waals surface area contributed by atoms with Gasteiger partial charge < -0.3 is 4.74 Å². The number of nitrogens with one attached hydrogen (secondary N) is 1. The quantitative estimate of drug-likeness (QED) is 0.534. The number of benzene rings is 1. The fourth-order valence-corrected chi connectivity index (χ4v) is 4.31. The molecule has 0 atom stereocenters. The highest BCUT2D eigenvalue weighted by Gasteiger charge is 2.17. The molecule has 4 aromatic rings. The number of fused-ring (bicyclic) bond motifs is 3. The number of H-pyrrole nitrogens is 1.